The molecule has 0 atom stereocenters. The molecule has 0 bridgehead atoms. The quantitative estimate of drug-likeness (QED) is 0.362. The van der Waals surface area contributed by atoms with Gasteiger partial charge < -0.3 is 14.6 Å². The highest BCUT2D eigenvalue weighted by Crippen LogP contribution is 2.37. The summed E-state index contributed by atoms with van der Waals surface area (Å²) >= 11 is 6.67. The highest BCUT2D eigenvalue weighted by molar-refractivity contribution is 8.27. The van der Waals surface area contributed by atoms with Gasteiger partial charge in [-0.15, -0.1) is 0 Å². The van der Waals surface area contributed by atoms with Crippen LogP contribution < -0.4 is 14.4 Å². The summed E-state index contributed by atoms with van der Waals surface area (Å²) in [5.74, 6) is -0.0843. The molecular weight excluding hydrogens is 458 g/mol. The first-order chi connectivity index (χ1) is 16.0. The molecule has 0 saturated carbocycles. The molecule has 8 heteroatoms. The van der Waals surface area contributed by atoms with Gasteiger partial charge in [-0.25, -0.2) is 4.79 Å². The Morgan fingerprint density at radius 1 is 1.06 bits per heavy atom. The van der Waals surface area contributed by atoms with E-state index in [2.05, 4.69) is 0 Å². The number of carbonyl (C=O) groups excluding carboxylic acids is 1. The fourth-order valence-electron chi connectivity index (χ4n) is 3.22. The van der Waals surface area contributed by atoms with Crippen molar-refractivity contribution < 1.29 is 24.2 Å². The van der Waals surface area contributed by atoms with Gasteiger partial charge in [0.05, 0.1) is 23.3 Å². The van der Waals surface area contributed by atoms with Crippen molar-refractivity contribution >= 4 is 51.9 Å². The monoisotopic (exact) mass is 477 g/mol. The number of carbonyl (C=O) groups is 2. The molecule has 1 aliphatic heterocycles. The molecule has 3 aromatic carbocycles. The Morgan fingerprint density at radius 2 is 1.79 bits per heavy atom. The number of anilines is 1. The van der Waals surface area contributed by atoms with E-state index >= 15 is 0 Å². The Balaban J connectivity index is 1.49. The maximum Gasteiger partial charge on any atom is 0.335 e. The van der Waals surface area contributed by atoms with Crippen LogP contribution in [0.25, 0.3) is 6.08 Å². The number of thioether (sulfide) groups is 1. The highest BCUT2D eigenvalue weighted by atomic mass is 32.2. The van der Waals surface area contributed by atoms with Crippen LogP contribution in [0.4, 0.5) is 5.69 Å². The molecule has 166 valence electrons. The number of aromatic carboxylic acids is 1. The normalized spacial score (nSPS) is 14.6. The summed E-state index contributed by atoms with van der Waals surface area (Å²) in [7, 11) is 1.54. The van der Waals surface area contributed by atoms with Crippen LogP contribution in [0.3, 0.4) is 0 Å². The molecule has 33 heavy (non-hydrogen) atoms. The number of methoxy groups -OCH3 is 1. The second kappa shape index (κ2) is 9.89. The first kappa shape index (κ1) is 22.6. The van der Waals surface area contributed by atoms with Crippen molar-refractivity contribution in [3.05, 3.63) is 94.4 Å². The summed E-state index contributed by atoms with van der Waals surface area (Å²) in [5.41, 5.74) is 2.56. The minimum Gasteiger partial charge on any atom is -0.493 e. The number of para-hydroxylation sites is 1. The van der Waals surface area contributed by atoms with Crippen molar-refractivity contribution in [1.29, 1.82) is 0 Å². The SMILES string of the molecule is COc1cc(/C=C2/SC(=S)N(c3ccccc3)C2=O)ccc1OCc1ccc(C(=O)O)cc1. The first-order valence-corrected chi connectivity index (χ1v) is 11.1. The zero-order valence-corrected chi connectivity index (χ0v) is 19.2. The number of benzene rings is 3. The van der Waals surface area contributed by atoms with E-state index in [-0.39, 0.29) is 18.1 Å². The van der Waals surface area contributed by atoms with Gasteiger partial charge in [0, 0.05) is 0 Å². The van der Waals surface area contributed by atoms with Crippen LogP contribution in [0, 0.1) is 0 Å². The molecule has 6 nitrogen and oxygen atoms in total. The minimum atomic E-state index is -0.972. The summed E-state index contributed by atoms with van der Waals surface area (Å²) in [4.78, 5) is 25.9. The van der Waals surface area contributed by atoms with Gasteiger partial charge in [-0.2, -0.15) is 0 Å². The molecule has 0 radical (unpaired) electrons. The highest BCUT2D eigenvalue weighted by Gasteiger charge is 2.33. The van der Waals surface area contributed by atoms with Gasteiger partial charge >= 0.3 is 5.97 Å². The van der Waals surface area contributed by atoms with Crippen molar-refractivity contribution in [2.75, 3.05) is 12.0 Å². The number of rotatable bonds is 7. The fraction of sp³-hybridized carbons (Fsp3) is 0.0800. The predicted molar refractivity (Wildman–Crippen MR) is 133 cm³/mol. The Kier molecular flexibility index (Phi) is 6.76. The van der Waals surface area contributed by atoms with Gasteiger partial charge in [0.2, 0.25) is 0 Å². The summed E-state index contributed by atoms with van der Waals surface area (Å²) in [6.07, 6.45) is 1.78. The topological polar surface area (TPSA) is 76.1 Å². The number of hydrogen-bond donors (Lipinski definition) is 1. The summed E-state index contributed by atoms with van der Waals surface area (Å²) in [5, 5.41) is 9.00. The fourth-order valence-corrected chi connectivity index (χ4v) is 4.52. The van der Waals surface area contributed by atoms with Gasteiger partial charge in [-0.3, -0.25) is 9.69 Å². The van der Waals surface area contributed by atoms with E-state index in [1.54, 1.807) is 37.5 Å². The van der Waals surface area contributed by atoms with Crippen LogP contribution in [0.2, 0.25) is 0 Å². The van der Waals surface area contributed by atoms with Gasteiger partial charge in [0.25, 0.3) is 5.91 Å². The van der Waals surface area contributed by atoms with E-state index < -0.39 is 5.97 Å². The molecule has 0 unspecified atom stereocenters. The van der Waals surface area contributed by atoms with Crippen molar-refractivity contribution in [3.8, 4) is 11.5 Å². The Labute approximate surface area is 200 Å². The summed E-state index contributed by atoms with van der Waals surface area (Å²) in [6, 6.07) is 21.2. The average molecular weight is 478 g/mol. The predicted octanol–water partition coefficient (Wildman–Crippen LogP) is 5.38. The van der Waals surface area contributed by atoms with Crippen LogP contribution in [-0.4, -0.2) is 28.4 Å². The van der Waals surface area contributed by atoms with Crippen molar-refractivity contribution in [2.24, 2.45) is 0 Å². The largest absolute Gasteiger partial charge is 0.493 e. The van der Waals surface area contributed by atoms with Crippen molar-refractivity contribution in [3.63, 3.8) is 0 Å². The third-order valence-corrected chi connectivity index (χ3v) is 6.19. The van der Waals surface area contributed by atoms with Crippen LogP contribution in [0.15, 0.2) is 77.7 Å². The maximum absolute atomic E-state index is 12.9. The number of carboxylic acids is 1. The van der Waals surface area contributed by atoms with E-state index in [4.69, 9.17) is 26.8 Å². The zero-order valence-electron chi connectivity index (χ0n) is 17.6. The average Bonchev–Trinajstić information content (AvgIpc) is 3.11. The van der Waals surface area contributed by atoms with Gasteiger partial charge in [-0.1, -0.05) is 60.4 Å². The summed E-state index contributed by atoms with van der Waals surface area (Å²) in [6.45, 7) is 0.255. The number of ether oxygens (including phenoxy) is 2. The van der Waals surface area contributed by atoms with Crippen LogP contribution in [0.5, 0.6) is 11.5 Å². The number of hydrogen-bond acceptors (Lipinski definition) is 6. The van der Waals surface area contributed by atoms with Crippen LogP contribution >= 0.6 is 24.0 Å². The van der Waals surface area contributed by atoms with E-state index in [9.17, 15) is 9.59 Å². The van der Waals surface area contributed by atoms with E-state index in [0.717, 1.165) is 16.8 Å². The lowest BCUT2D eigenvalue weighted by atomic mass is 10.1. The maximum atomic E-state index is 12.9. The third-order valence-electron chi connectivity index (χ3n) is 4.89. The van der Waals surface area contributed by atoms with Crippen LogP contribution in [-0.2, 0) is 11.4 Å². The van der Waals surface area contributed by atoms with Crippen LogP contribution in [0.1, 0.15) is 21.5 Å². The molecule has 0 aromatic heterocycles. The molecule has 1 saturated heterocycles. The van der Waals surface area contributed by atoms with Gasteiger partial charge in [0.1, 0.15) is 6.61 Å². The molecular formula is C25H19NO5S2. The van der Waals surface area contributed by atoms with Gasteiger partial charge in [-0.05, 0) is 53.6 Å². The lowest BCUT2D eigenvalue weighted by Crippen LogP contribution is -2.27. The molecule has 3 aromatic rings. The molecule has 1 aliphatic rings. The Morgan fingerprint density at radius 3 is 2.45 bits per heavy atom. The molecule has 0 spiro atoms. The van der Waals surface area contributed by atoms with E-state index in [1.807, 2.05) is 36.4 Å². The smallest absolute Gasteiger partial charge is 0.335 e. The van der Waals surface area contributed by atoms with Crippen molar-refractivity contribution in [1.82, 2.24) is 0 Å². The second-order valence-electron chi connectivity index (χ2n) is 7.05. The zero-order chi connectivity index (χ0) is 23.4. The van der Waals surface area contributed by atoms with Gasteiger partial charge in [0.15, 0.2) is 15.8 Å². The van der Waals surface area contributed by atoms with Crippen molar-refractivity contribution in [2.45, 2.75) is 6.61 Å². The number of carboxylic acid groups (broad SMARTS) is 1. The third kappa shape index (κ3) is 5.08. The summed E-state index contributed by atoms with van der Waals surface area (Å²) < 4.78 is 11.8. The molecule has 4 rings (SSSR count). The Hall–Kier alpha value is -3.62. The lowest BCUT2D eigenvalue weighted by molar-refractivity contribution is -0.113. The molecule has 1 amide bonds. The second-order valence-corrected chi connectivity index (χ2v) is 8.73. The molecule has 0 aliphatic carbocycles. The molecule has 1 N–H and O–H groups in total. The Bertz CT molecular complexity index is 1240. The van der Waals surface area contributed by atoms with E-state index in [1.165, 1.54) is 28.8 Å². The first-order valence-electron chi connectivity index (χ1n) is 9.92. The number of thiocarbonyl (C=S) groups is 1. The number of amides is 1. The lowest BCUT2D eigenvalue weighted by Gasteiger charge is -2.14. The van der Waals surface area contributed by atoms with E-state index in [0.29, 0.717) is 20.7 Å². The standard InChI is InChI=1S/C25H19NO5S2/c1-30-21-13-17(9-12-20(21)31-15-16-7-10-18(11-8-16)24(28)29)14-22-23(27)26(25(32)33-22)19-5-3-2-4-6-19/h2-14H,15H2,1H3,(H,28,29)/b22-14+. The molecule has 1 fully saturated rings. The minimum absolute atomic E-state index is 0.166. The molecule has 1 heterocycles. The number of nitrogens with zero attached hydrogens (tertiary/aromatic N) is 1.